The summed E-state index contributed by atoms with van der Waals surface area (Å²) in [6, 6.07) is 4.92. The maximum absolute atomic E-state index is 11.3. The second-order valence-electron chi connectivity index (χ2n) is 3.51. The molecule has 0 aliphatic heterocycles. The smallest absolute Gasteiger partial charge is 0.336 e. The second-order valence-corrected chi connectivity index (χ2v) is 4.59. The number of furan rings is 1. The molecule has 1 aromatic carbocycles. The van der Waals surface area contributed by atoms with Crippen LogP contribution < -0.4 is 10.4 Å². The maximum atomic E-state index is 11.3. The molecule has 3 aromatic rings. The van der Waals surface area contributed by atoms with Gasteiger partial charge in [0.25, 0.3) is 0 Å². The standard InChI is InChI=1S/C12H7IO4/c1-15-10-6-2-3-8(14)17-12(6)9(13)11-7(10)4-5-16-11/h2-5H,1H3. The summed E-state index contributed by atoms with van der Waals surface area (Å²) >= 11 is 2.10. The van der Waals surface area contributed by atoms with Crippen molar-refractivity contribution in [1.82, 2.24) is 0 Å². The van der Waals surface area contributed by atoms with Crippen LogP contribution in [-0.2, 0) is 0 Å². The highest BCUT2D eigenvalue weighted by Crippen LogP contribution is 2.38. The summed E-state index contributed by atoms with van der Waals surface area (Å²) < 4.78 is 16.7. The van der Waals surface area contributed by atoms with Crippen molar-refractivity contribution in [3.05, 3.63) is 38.5 Å². The van der Waals surface area contributed by atoms with E-state index in [1.165, 1.54) is 6.07 Å². The molecule has 2 aromatic heterocycles. The first kappa shape index (κ1) is 10.6. The number of fused-ring (bicyclic) bond motifs is 2. The first-order valence-corrected chi connectivity index (χ1v) is 5.96. The van der Waals surface area contributed by atoms with Gasteiger partial charge in [0.1, 0.15) is 5.75 Å². The van der Waals surface area contributed by atoms with Gasteiger partial charge in [-0.25, -0.2) is 4.79 Å². The molecule has 0 spiro atoms. The molecule has 4 nitrogen and oxygen atoms in total. The zero-order valence-corrected chi connectivity index (χ0v) is 11.0. The predicted octanol–water partition coefficient (Wildman–Crippen LogP) is 3.15. The van der Waals surface area contributed by atoms with Crippen LogP contribution in [0.15, 0.2) is 38.1 Å². The Kier molecular flexibility index (Phi) is 2.36. The molecule has 0 amide bonds. The lowest BCUT2D eigenvalue weighted by molar-refractivity contribution is 0.423. The van der Waals surface area contributed by atoms with E-state index in [-0.39, 0.29) is 5.63 Å². The van der Waals surface area contributed by atoms with E-state index >= 15 is 0 Å². The van der Waals surface area contributed by atoms with Gasteiger partial charge in [-0.2, -0.15) is 0 Å². The molecule has 0 fully saturated rings. The van der Waals surface area contributed by atoms with Crippen molar-refractivity contribution in [2.24, 2.45) is 0 Å². The van der Waals surface area contributed by atoms with E-state index in [1.807, 2.05) is 6.07 Å². The lowest BCUT2D eigenvalue weighted by Gasteiger charge is -2.07. The van der Waals surface area contributed by atoms with Crippen LogP contribution in [0.2, 0.25) is 0 Å². The number of benzene rings is 1. The first-order valence-electron chi connectivity index (χ1n) is 4.89. The Labute approximate surface area is 109 Å². The zero-order chi connectivity index (χ0) is 12.0. The van der Waals surface area contributed by atoms with Crippen molar-refractivity contribution < 1.29 is 13.6 Å². The van der Waals surface area contributed by atoms with Crippen LogP contribution in [0.4, 0.5) is 0 Å². The van der Waals surface area contributed by atoms with Gasteiger partial charge in [0.2, 0.25) is 0 Å². The van der Waals surface area contributed by atoms with Gasteiger partial charge < -0.3 is 13.6 Å². The highest BCUT2D eigenvalue weighted by atomic mass is 127. The van der Waals surface area contributed by atoms with E-state index in [0.29, 0.717) is 16.9 Å². The van der Waals surface area contributed by atoms with Crippen LogP contribution in [-0.4, -0.2) is 7.11 Å². The third kappa shape index (κ3) is 1.45. The molecule has 0 radical (unpaired) electrons. The average Bonchev–Trinajstić information content (AvgIpc) is 2.80. The normalized spacial score (nSPS) is 11.2. The zero-order valence-electron chi connectivity index (χ0n) is 8.82. The predicted molar refractivity (Wildman–Crippen MR) is 71.5 cm³/mol. The van der Waals surface area contributed by atoms with Crippen LogP contribution >= 0.6 is 22.6 Å². The Morgan fingerprint density at radius 3 is 2.71 bits per heavy atom. The summed E-state index contributed by atoms with van der Waals surface area (Å²) in [5.74, 6) is 0.660. The van der Waals surface area contributed by atoms with Gasteiger partial charge in [-0.1, -0.05) is 0 Å². The Balaban J connectivity index is 2.65. The highest BCUT2D eigenvalue weighted by molar-refractivity contribution is 14.1. The van der Waals surface area contributed by atoms with Crippen LogP contribution in [0.5, 0.6) is 5.75 Å². The number of methoxy groups -OCH3 is 1. The van der Waals surface area contributed by atoms with Crippen molar-refractivity contribution in [2.45, 2.75) is 0 Å². The maximum Gasteiger partial charge on any atom is 0.336 e. The van der Waals surface area contributed by atoms with Crippen molar-refractivity contribution in [1.29, 1.82) is 0 Å². The van der Waals surface area contributed by atoms with E-state index in [1.54, 1.807) is 19.4 Å². The molecule has 0 atom stereocenters. The molecule has 86 valence electrons. The summed E-state index contributed by atoms with van der Waals surface area (Å²) in [6.07, 6.45) is 1.59. The monoisotopic (exact) mass is 342 g/mol. The molecule has 0 bridgehead atoms. The summed E-state index contributed by atoms with van der Waals surface area (Å²) in [6.45, 7) is 0. The molecular formula is C12H7IO4. The highest BCUT2D eigenvalue weighted by Gasteiger charge is 2.17. The number of ether oxygens (including phenoxy) is 1. The minimum Gasteiger partial charge on any atom is -0.495 e. The fraction of sp³-hybridized carbons (Fsp3) is 0.0833. The lowest BCUT2D eigenvalue weighted by atomic mass is 10.1. The largest absolute Gasteiger partial charge is 0.495 e. The van der Waals surface area contributed by atoms with E-state index < -0.39 is 0 Å². The average molecular weight is 342 g/mol. The molecule has 0 aliphatic carbocycles. The lowest BCUT2D eigenvalue weighted by Crippen LogP contribution is -1.97. The second kappa shape index (κ2) is 3.76. The molecule has 2 heterocycles. The number of hydrogen-bond acceptors (Lipinski definition) is 4. The molecule has 0 saturated carbocycles. The number of halogens is 1. The van der Waals surface area contributed by atoms with Crippen molar-refractivity contribution in [3.63, 3.8) is 0 Å². The van der Waals surface area contributed by atoms with E-state index in [2.05, 4.69) is 22.6 Å². The van der Waals surface area contributed by atoms with E-state index in [0.717, 1.165) is 14.3 Å². The molecule has 17 heavy (non-hydrogen) atoms. The third-order valence-corrected chi connectivity index (χ3v) is 3.57. The topological polar surface area (TPSA) is 52.6 Å². The summed E-state index contributed by atoms with van der Waals surface area (Å²) in [4.78, 5) is 11.3. The quantitative estimate of drug-likeness (QED) is 0.504. The minimum atomic E-state index is -0.386. The van der Waals surface area contributed by atoms with Gasteiger partial charge in [0.15, 0.2) is 11.2 Å². The Hall–Kier alpha value is -1.50. The van der Waals surface area contributed by atoms with Crippen molar-refractivity contribution in [3.8, 4) is 5.75 Å². The Morgan fingerprint density at radius 1 is 1.18 bits per heavy atom. The van der Waals surface area contributed by atoms with Gasteiger partial charge >= 0.3 is 5.63 Å². The molecule has 3 rings (SSSR count). The van der Waals surface area contributed by atoms with E-state index in [4.69, 9.17) is 13.6 Å². The van der Waals surface area contributed by atoms with Crippen LogP contribution in [0, 0.1) is 3.57 Å². The Bertz CT molecular complexity index is 769. The number of rotatable bonds is 1. The fourth-order valence-electron chi connectivity index (χ4n) is 1.88. The van der Waals surface area contributed by atoms with Crippen LogP contribution in [0.25, 0.3) is 21.9 Å². The summed E-state index contributed by atoms with van der Waals surface area (Å²) in [7, 11) is 1.58. The van der Waals surface area contributed by atoms with Gasteiger partial charge in [-0.3, -0.25) is 0 Å². The molecule has 5 heteroatoms. The molecule has 0 aliphatic rings. The van der Waals surface area contributed by atoms with Gasteiger partial charge in [0, 0.05) is 6.07 Å². The summed E-state index contributed by atoms with van der Waals surface area (Å²) in [5.41, 5.74) is 0.782. The first-order chi connectivity index (χ1) is 8.22. The minimum absolute atomic E-state index is 0.386. The Morgan fingerprint density at radius 2 is 1.94 bits per heavy atom. The summed E-state index contributed by atoms with van der Waals surface area (Å²) in [5, 5.41) is 1.64. The van der Waals surface area contributed by atoms with Crippen molar-refractivity contribution in [2.75, 3.05) is 7.11 Å². The van der Waals surface area contributed by atoms with Crippen LogP contribution in [0.1, 0.15) is 0 Å². The van der Waals surface area contributed by atoms with Gasteiger partial charge in [0.05, 0.1) is 27.7 Å². The molecule has 0 N–H and O–H groups in total. The SMILES string of the molecule is COc1c2ccoc2c(I)c2oc(=O)ccc12. The van der Waals surface area contributed by atoms with Crippen LogP contribution in [0.3, 0.4) is 0 Å². The van der Waals surface area contributed by atoms with Crippen molar-refractivity contribution >= 4 is 44.5 Å². The third-order valence-electron chi connectivity index (χ3n) is 2.59. The molecule has 0 unspecified atom stereocenters. The number of hydrogen-bond donors (Lipinski definition) is 0. The van der Waals surface area contributed by atoms with Gasteiger partial charge in [-0.05, 0) is 34.7 Å². The molecular weight excluding hydrogens is 335 g/mol. The van der Waals surface area contributed by atoms with E-state index in [9.17, 15) is 4.79 Å². The fourth-order valence-corrected chi connectivity index (χ4v) is 2.70. The van der Waals surface area contributed by atoms with Gasteiger partial charge in [-0.15, -0.1) is 0 Å². The molecule has 0 saturated heterocycles.